The Labute approximate surface area is 126 Å². The van der Waals surface area contributed by atoms with E-state index in [2.05, 4.69) is 15.5 Å². The zero-order valence-electron chi connectivity index (χ0n) is 11.3. The number of rotatable bonds is 5. The molecule has 0 spiro atoms. The molecule has 20 heavy (non-hydrogen) atoms. The van der Waals surface area contributed by atoms with Crippen LogP contribution in [0.3, 0.4) is 0 Å². The minimum atomic E-state index is -0.513. The first kappa shape index (κ1) is 14.8. The number of aromatic nitrogens is 2. The van der Waals surface area contributed by atoms with Crippen LogP contribution in [0.4, 0.5) is 10.8 Å². The molecule has 0 saturated carbocycles. The third-order valence-corrected chi connectivity index (χ3v) is 4.97. The Morgan fingerprint density at radius 2 is 2.05 bits per heavy atom. The molecular formula is C13H16N4OS2. The van der Waals surface area contributed by atoms with Gasteiger partial charge in [-0.3, -0.25) is 4.79 Å². The second-order valence-electron chi connectivity index (χ2n) is 4.90. The summed E-state index contributed by atoms with van der Waals surface area (Å²) in [5, 5.41) is 11.0. The molecule has 2 rings (SSSR count). The van der Waals surface area contributed by atoms with Crippen LogP contribution >= 0.6 is 23.1 Å². The molecule has 0 saturated heterocycles. The Hall–Kier alpha value is -1.60. The number of hydrogen-bond donors (Lipinski definition) is 2. The SMILES string of the molecule is CC(C)(CSc1nnc(N)s1)C(=O)Nc1ccccc1. The van der Waals surface area contributed by atoms with E-state index >= 15 is 0 Å². The van der Waals surface area contributed by atoms with Crippen molar-refractivity contribution in [2.45, 2.75) is 18.2 Å². The molecule has 1 aromatic heterocycles. The van der Waals surface area contributed by atoms with Crippen LogP contribution in [0.5, 0.6) is 0 Å². The summed E-state index contributed by atoms with van der Waals surface area (Å²) in [6.45, 7) is 3.81. The first-order valence-electron chi connectivity index (χ1n) is 6.06. The number of benzene rings is 1. The van der Waals surface area contributed by atoms with Gasteiger partial charge in [0.1, 0.15) is 0 Å². The number of hydrogen-bond acceptors (Lipinski definition) is 6. The molecule has 0 radical (unpaired) electrons. The molecule has 0 aliphatic heterocycles. The average Bonchev–Trinajstić information content (AvgIpc) is 2.83. The molecule has 1 amide bonds. The van der Waals surface area contributed by atoms with E-state index in [9.17, 15) is 4.79 Å². The van der Waals surface area contributed by atoms with Gasteiger partial charge in [-0.15, -0.1) is 10.2 Å². The number of nitrogen functional groups attached to an aromatic ring is 1. The van der Waals surface area contributed by atoms with Crippen LogP contribution in [0.1, 0.15) is 13.8 Å². The van der Waals surface area contributed by atoms with Gasteiger partial charge in [0.2, 0.25) is 11.0 Å². The largest absolute Gasteiger partial charge is 0.374 e. The summed E-state index contributed by atoms with van der Waals surface area (Å²) in [6.07, 6.45) is 0. The van der Waals surface area contributed by atoms with Crippen molar-refractivity contribution in [2.24, 2.45) is 5.41 Å². The molecule has 0 atom stereocenters. The monoisotopic (exact) mass is 308 g/mol. The van der Waals surface area contributed by atoms with Crippen LogP contribution < -0.4 is 11.1 Å². The summed E-state index contributed by atoms with van der Waals surface area (Å²) in [7, 11) is 0. The maximum atomic E-state index is 12.3. The first-order valence-corrected chi connectivity index (χ1v) is 7.86. The van der Waals surface area contributed by atoms with E-state index in [1.807, 2.05) is 44.2 Å². The molecule has 2 aromatic rings. The van der Waals surface area contributed by atoms with E-state index in [4.69, 9.17) is 5.73 Å². The molecule has 3 N–H and O–H groups in total. The molecule has 7 heteroatoms. The highest BCUT2D eigenvalue weighted by molar-refractivity contribution is 8.01. The van der Waals surface area contributed by atoms with Crippen molar-refractivity contribution in [1.29, 1.82) is 0 Å². The lowest BCUT2D eigenvalue weighted by atomic mass is 9.95. The van der Waals surface area contributed by atoms with Crippen molar-refractivity contribution < 1.29 is 4.79 Å². The van der Waals surface area contributed by atoms with Crippen molar-refractivity contribution in [3.05, 3.63) is 30.3 Å². The fourth-order valence-electron chi connectivity index (χ4n) is 1.41. The number of carbonyl (C=O) groups is 1. The maximum absolute atomic E-state index is 12.3. The molecule has 0 aliphatic rings. The number of carbonyl (C=O) groups excluding carboxylic acids is 1. The van der Waals surface area contributed by atoms with Crippen LogP contribution in [-0.4, -0.2) is 21.9 Å². The van der Waals surface area contributed by atoms with E-state index in [1.54, 1.807) is 0 Å². The second kappa shape index (κ2) is 6.23. The number of amides is 1. The number of nitrogens with one attached hydrogen (secondary N) is 1. The first-order chi connectivity index (χ1) is 9.47. The van der Waals surface area contributed by atoms with Crippen LogP contribution in [0.15, 0.2) is 34.7 Å². The minimum absolute atomic E-state index is 0.0197. The lowest BCUT2D eigenvalue weighted by Gasteiger charge is -2.22. The Morgan fingerprint density at radius 3 is 2.65 bits per heavy atom. The fourth-order valence-corrected chi connectivity index (χ4v) is 3.13. The van der Waals surface area contributed by atoms with Crippen LogP contribution in [-0.2, 0) is 4.79 Å². The highest BCUT2D eigenvalue weighted by atomic mass is 32.2. The molecule has 0 unspecified atom stereocenters. The van der Waals surface area contributed by atoms with Crippen molar-refractivity contribution >= 4 is 39.8 Å². The molecule has 0 bridgehead atoms. The summed E-state index contributed by atoms with van der Waals surface area (Å²) in [4.78, 5) is 12.3. The number of para-hydroxylation sites is 1. The van der Waals surface area contributed by atoms with Gasteiger partial charge in [-0.25, -0.2) is 0 Å². The Kier molecular flexibility index (Phi) is 4.61. The molecule has 5 nitrogen and oxygen atoms in total. The Bertz CT molecular complexity index is 583. The maximum Gasteiger partial charge on any atom is 0.230 e. The van der Waals surface area contributed by atoms with Crippen molar-refractivity contribution in [3.63, 3.8) is 0 Å². The predicted octanol–water partition coefficient (Wildman–Crippen LogP) is 2.88. The predicted molar refractivity (Wildman–Crippen MR) is 83.9 cm³/mol. The molecule has 1 aromatic carbocycles. The summed E-state index contributed by atoms with van der Waals surface area (Å²) >= 11 is 2.82. The second-order valence-corrected chi connectivity index (χ2v) is 7.13. The van der Waals surface area contributed by atoms with Gasteiger partial charge in [-0.05, 0) is 12.1 Å². The zero-order chi connectivity index (χ0) is 14.6. The van der Waals surface area contributed by atoms with Gasteiger partial charge in [-0.2, -0.15) is 0 Å². The van der Waals surface area contributed by atoms with Crippen molar-refractivity contribution in [3.8, 4) is 0 Å². The number of nitrogens with zero attached hydrogens (tertiary/aromatic N) is 2. The number of nitrogens with two attached hydrogens (primary N) is 1. The zero-order valence-corrected chi connectivity index (χ0v) is 12.9. The van der Waals surface area contributed by atoms with Gasteiger partial charge in [0.15, 0.2) is 4.34 Å². The average molecular weight is 308 g/mol. The number of anilines is 2. The highest BCUT2D eigenvalue weighted by Crippen LogP contribution is 2.31. The lowest BCUT2D eigenvalue weighted by molar-refractivity contribution is -0.122. The summed E-state index contributed by atoms with van der Waals surface area (Å²) in [6, 6.07) is 9.43. The quantitative estimate of drug-likeness (QED) is 0.830. The van der Waals surface area contributed by atoms with Gasteiger partial charge in [0, 0.05) is 11.4 Å². The Morgan fingerprint density at radius 1 is 1.35 bits per heavy atom. The summed E-state index contributed by atoms with van der Waals surface area (Å²) < 4.78 is 0.781. The Balaban J connectivity index is 1.93. The van der Waals surface area contributed by atoms with Gasteiger partial charge in [0.25, 0.3) is 0 Å². The third kappa shape index (κ3) is 3.94. The van der Waals surface area contributed by atoms with Crippen molar-refractivity contribution in [2.75, 3.05) is 16.8 Å². The summed E-state index contributed by atoms with van der Waals surface area (Å²) in [5.41, 5.74) is 5.82. The van der Waals surface area contributed by atoms with E-state index in [0.29, 0.717) is 10.9 Å². The number of thioether (sulfide) groups is 1. The molecule has 1 heterocycles. The summed E-state index contributed by atoms with van der Waals surface area (Å²) in [5.74, 6) is 0.592. The molecule has 0 fully saturated rings. The van der Waals surface area contributed by atoms with E-state index in [0.717, 1.165) is 10.0 Å². The smallest absolute Gasteiger partial charge is 0.230 e. The highest BCUT2D eigenvalue weighted by Gasteiger charge is 2.28. The van der Waals surface area contributed by atoms with E-state index in [1.165, 1.54) is 23.1 Å². The third-order valence-electron chi connectivity index (χ3n) is 2.62. The minimum Gasteiger partial charge on any atom is -0.374 e. The van der Waals surface area contributed by atoms with Gasteiger partial charge < -0.3 is 11.1 Å². The normalized spacial score (nSPS) is 11.3. The molecular weight excluding hydrogens is 292 g/mol. The van der Waals surface area contributed by atoms with Crippen molar-refractivity contribution in [1.82, 2.24) is 10.2 Å². The fraction of sp³-hybridized carbons (Fsp3) is 0.308. The van der Waals surface area contributed by atoms with Crippen LogP contribution in [0.25, 0.3) is 0 Å². The van der Waals surface area contributed by atoms with Gasteiger partial charge >= 0.3 is 0 Å². The van der Waals surface area contributed by atoms with Gasteiger partial charge in [0.05, 0.1) is 5.41 Å². The van der Waals surface area contributed by atoms with Gasteiger partial charge in [-0.1, -0.05) is 55.1 Å². The van der Waals surface area contributed by atoms with E-state index < -0.39 is 5.41 Å². The topological polar surface area (TPSA) is 80.9 Å². The molecule has 106 valence electrons. The van der Waals surface area contributed by atoms with E-state index in [-0.39, 0.29) is 5.91 Å². The van der Waals surface area contributed by atoms with Crippen LogP contribution in [0, 0.1) is 5.41 Å². The molecule has 0 aliphatic carbocycles. The van der Waals surface area contributed by atoms with Crippen LogP contribution in [0.2, 0.25) is 0 Å². The standard InChI is InChI=1S/C13H16N4OS2/c1-13(2,8-19-12-17-16-11(14)20-12)10(18)15-9-6-4-3-5-7-9/h3-7H,8H2,1-2H3,(H2,14,16)(H,15,18). The lowest BCUT2D eigenvalue weighted by Crippen LogP contribution is -2.32.